The van der Waals surface area contributed by atoms with Gasteiger partial charge in [-0.05, 0) is 61.4 Å². The second-order valence-corrected chi connectivity index (χ2v) is 11.0. The number of esters is 1. The number of aromatic amines is 1. The van der Waals surface area contributed by atoms with Crippen molar-refractivity contribution in [2.75, 3.05) is 20.8 Å². The molecule has 0 saturated heterocycles. The number of nitrogens with zero attached hydrogens (tertiary/aromatic N) is 2. The number of ether oxygens (including phenoxy) is 3. The third-order valence-electron chi connectivity index (χ3n) is 7.45. The number of hydrogen-bond acceptors (Lipinski definition) is 7. The van der Waals surface area contributed by atoms with E-state index in [4.69, 9.17) is 19.2 Å². The lowest BCUT2D eigenvalue weighted by Crippen LogP contribution is -2.40. The molecular formula is C33H31N3O5S. The Morgan fingerprint density at radius 3 is 2.60 bits per heavy atom. The molecule has 0 aliphatic carbocycles. The fourth-order valence-electron chi connectivity index (χ4n) is 5.58. The molecule has 1 aliphatic rings. The highest BCUT2D eigenvalue weighted by molar-refractivity contribution is 7.07. The summed E-state index contributed by atoms with van der Waals surface area (Å²) in [6, 6.07) is 18.8. The van der Waals surface area contributed by atoms with Gasteiger partial charge in [0.05, 0.1) is 36.6 Å². The zero-order valence-electron chi connectivity index (χ0n) is 23.9. The highest BCUT2D eigenvalue weighted by atomic mass is 32.1. The number of allylic oxidation sites excluding steroid dienone is 1. The number of hydrogen-bond donors (Lipinski definition) is 1. The Hall–Kier alpha value is -4.63. The summed E-state index contributed by atoms with van der Waals surface area (Å²) in [5.41, 5.74) is 4.31. The SMILES string of the molecule is CCCC1=C(C(=O)OCC)[C@@H](c2cc(OC)ccc2OC)n2c(s/c(=C/c3ccc4[nH]c5ccccc5c4c3)c2=O)=N1. The first kappa shape index (κ1) is 27.5. The van der Waals surface area contributed by atoms with Crippen molar-refractivity contribution in [3.8, 4) is 11.5 Å². The van der Waals surface area contributed by atoms with Crippen LogP contribution in [0.5, 0.6) is 11.5 Å². The third-order valence-corrected chi connectivity index (χ3v) is 8.43. The minimum atomic E-state index is -0.801. The topological polar surface area (TPSA) is 94.9 Å². The Labute approximate surface area is 246 Å². The molecule has 42 heavy (non-hydrogen) atoms. The normalized spacial score (nSPS) is 15.1. The van der Waals surface area contributed by atoms with Gasteiger partial charge >= 0.3 is 5.97 Å². The van der Waals surface area contributed by atoms with Crippen LogP contribution in [0.2, 0.25) is 0 Å². The smallest absolute Gasteiger partial charge is 0.338 e. The highest BCUT2D eigenvalue weighted by Crippen LogP contribution is 2.38. The Morgan fingerprint density at radius 2 is 1.83 bits per heavy atom. The molecule has 0 saturated carbocycles. The third kappa shape index (κ3) is 4.69. The molecule has 1 aliphatic heterocycles. The second kappa shape index (κ2) is 11.3. The van der Waals surface area contributed by atoms with E-state index >= 15 is 0 Å². The van der Waals surface area contributed by atoms with Crippen LogP contribution < -0.4 is 24.4 Å². The summed E-state index contributed by atoms with van der Waals surface area (Å²) >= 11 is 1.31. The molecule has 2 aromatic heterocycles. The van der Waals surface area contributed by atoms with Crippen LogP contribution in [0.4, 0.5) is 0 Å². The number of para-hydroxylation sites is 1. The standard InChI is InChI=1S/C33H31N3O5S/c1-5-9-26-29(32(38)41-6-2)30(23-18-20(39-3)13-15-27(23)40-4)36-31(37)28(42-33(36)35-26)17-19-12-14-25-22(16-19)21-10-7-8-11-24(21)34-25/h7-8,10-18,30,34H,5-6,9H2,1-4H3/b28-17+/t30-/m1/s1. The number of methoxy groups -OCH3 is 2. The van der Waals surface area contributed by atoms with Crippen LogP contribution in [0, 0.1) is 0 Å². The molecule has 0 spiro atoms. The first-order valence-electron chi connectivity index (χ1n) is 13.9. The molecule has 1 N–H and O–H groups in total. The number of rotatable bonds is 8. The van der Waals surface area contributed by atoms with Gasteiger partial charge in [-0.15, -0.1) is 0 Å². The van der Waals surface area contributed by atoms with Crippen molar-refractivity contribution in [1.82, 2.24) is 9.55 Å². The zero-order valence-corrected chi connectivity index (χ0v) is 24.7. The van der Waals surface area contributed by atoms with Crippen molar-refractivity contribution in [2.24, 2.45) is 4.99 Å². The Balaban J connectivity index is 1.60. The van der Waals surface area contributed by atoms with Crippen molar-refractivity contribution < 1.29 is 19.0 Å². The first-order chi connectivity index (χ1) is 20.5. The van der Waals surface area contributed by atoms with Gasteiger partial charge in [0.2, 0.25) is 0 Å². The molecule has 0 unspecified atom stereocenters. The maximum absolute atomic E-state index is 14.2. The molecule has 3 aromatic carbocycles. The molecule has 6 rings (SSSR count). The predicted octanol–water partition coefficient (Wildman–Crippen LogP) is 5.23. The number of thiazole rings is 1. The number of aromatic nitrogens is 2. The lowest BCUT2D eigenvalue weighted by Gasteiger charge is -2.27. The van der Waals surface area contributed by atoms with Crippen LogP contribution in [0.25, 0.3) is 27.9 Å². The average Bonchev–Trinajstić information content (AvgIpc) is 3.52. The van der Waals surface area contributed by atoms with Gasteiger partial charge in [-0.25, -0.2) is 9.79 Å². The fourth-order valence-corrected chi connectivity index (χ4v) is 6.60. The molecule has 0 radical (unpaired) electrons. The van der Waals surface area contributed by atoms with Gasteiger partial charge in [-0.2, -0.15) is 0 Å². The molecular weight excluding hydrogens is 550 g/mol. The van der Waals surface area contributed by atoms with E-state index in [1.54, 1.807) is 43.9 Å². The van der Waals surface area contributed by atoms with Crippen LogP contribution in [0.3, 0.4) is 0 Å². The van der Waals surface area contributed by atoms with Crippen LogP contribution in [-0.4, -0.2) is 36.3 Å². The zero-order chi connectivity index (χ0) is 29.4. The summed E-state index contributed by atoms with van der Waals surface area (Å²) < 4.78 is 18.9. The summed E-state index contributed by atoms with van der Waals surface area (Å²) in [6.07, 6.45) is 3.21. The van der Waals surface area contributed by atoms with Gasteiger partial charge in [-0.3, -0.25) is 9.36 Å². The molecule has 214 valence electrons. The van der Waals surface area contributed by atoms with Gasteiger partial charge < -0.3 is 19.2 Å². The van der Waals surface area contributed by atoms with E-state index in [9.17, 15) is 9.59 Å². The number of carbonyl (C=O) groups excluding carboxylic acids is 1. The van der Waals surface area contributed by atoms with E-state index < -0.39 is 12.0 Å². The molecule has 0 fully saturated rings. The monoisotopic (exact) mass is 581 g/mol. The second-order valence-electron chi connectivity index (χ2n) is 10.00. The fraction of sp³-hybridized carbons (Fsp3) is 0.242. The van der Waals surface area contributed by atoms with Crippen molar-refractivity contribution >= 4 is 45.2 Å². The van der Waals surface area contributed by atoms with Crippen molar-refractivity contribution in [3.05, 3.63) is 103 Å². The van der Waals surface area contributed by atoms with E-state index in [1.165, 1.54) is 11.3 Å². The Kier molecular flexibility index (Phi) is 7.43. The molecule has 9 heteroatoms. The quantitative estimate of drug-likeness (QED) is 0.253. The summed E-state index contributed by atoms with van der Waals surface area (Å²) in [6.45, 7) is 3.99. The van der Waals surface area contributed by atoms with E-state index in [2.05, 4.69) is 23.2 Å². The van der Waals surface area contributed by atoms with Gasteiger partial charge in [-0.1, -0.05) is 48.9 Å². The molecule has 0 amide bonds. The van der Waals surface area contributed by atoms with Crippen LogP contribution >= 0.6 is 11.3 Å². The molecule has 5 aromatic rings. The lowest BCUT2D eigenvalue weighted by molar-refractivity contribution is -0.139. The summed E-state index contributed by atoms with van der Waals surface area (Å²) in [5.74, 6) is 0.607. The van der Waals surface area contributed by atoms with Gasteiger partial charge in [0.25, 0.3) is 5.56 Å². The van der Waals surface area contributed by atoms with Crippen molar-refractivity contribution in [1.29, 1.82) is 0 Å². The summed E-state index contributed by atoms with van der Waals surface area (Å²) in [5, 5.41) is 2.21. The van der Waals surface area contributed by atoms with Gasteiger partial charge in [0, 0.05) is 27.4 Å². The molecule has 3 heterocycles. The molecule has 1 atom stereocenters. The summed E-state index contributed by atoms with van der Waals surface area (Å²) in [4.78, 5) is 36.5. The number of nitrogens with one attached hydrogen (secondary N) is 1. The van der Waals surface area contributed by atoms with E-state index in [0.717, 1.165) is 33.8 Å². The van der Waals surface area contributed by atoms with Crippen LogP contribution in [-0.2, 0) is 9.53 Å². The van der Waals surface area contributed by atoms with Crippen molar-refractivity contribution in [3.63, 3.8) is 0 Å². The van der Waals surface area contributed by atoms with Crippen molar-refractivity contribution in [2.45, 2.75) is 32.7 Å². The lowest BCUT2D eigenvalue weighted by atomic mass is 9.93. The molecule has 8 nitrogen and oxygen atoms in total. The highest BCUT2D eigenvalue weighted by Gasteiger charge is 2.36. The van der Waals surface area contributed by atoms with Gasteiger partial charge in [0.1, 0.15) is 17.5 Å². The number of benzene rings is 3. The van der Waals surface area contributed by atoms with E-state index in [1.807, 2.05) is 37.3 Å². The minimum Gasteiger partial charge on any atom is -0.497 e. The van der Waals surface area contributed by atoms with E-state index in [0.29, 0.717) is 44.1 Å². The van der Waals surface area contributed by atoms with Crippen LogP contribution in [0.15, 0.2) is 81.7 Å². The first-order valence-corrected chi connectivity index (χ1v) is 14.7. The maximum atomic E-state index is 14.2. The molecule has 0 bridgehead atoms. The summed E-state index contributed by atoms with van der Waals surface area (Å²) in [7, 11) is 3.14. The number of H-pyrrole nitrogens is 1. The van der Waals surface area contributed by atoms with Crippen LogP contribution in [0.1, 0.15) is 43.9 Å². The predicted molar refractivity (Wildman–Crippen MR) is 165 cm³/mol. The minimum absolute atomic E-state index is 0.199. The Bertz CT molecular complexity index is 2050. The number of fused-ring (bicyclic) bond motifs is 4. The Morgan fingerprint density at radius 1 is 1.02 bits per heavy atom. The van der Waals surface area contributed by atoms with E-state index in [-0.39, 0.29) is 12.2 Å². The van der Waals surface area contributed by atoms with Gasteiger partial charge in [0.15, 0.2) is 4.80 Å². The average molecular weight is 582 g/mol. The maximum Gasteiger partial charge on any atom is 0.338 e. The number of carbonyl (C=O) groups is 1. The largest absolute Gasteiger partial charge is 0.497 e.